The van der Waals surface area contributed by atoms with Gasteiger partial charge in [0.15, 0.2) is 0 Å². The Kier molecular flexibility index (Phi) is 4.03. The minimum absolute atomic E-state index is 0.0800. The number of carboxylic acids is 1. The number of benzene rings is 2. The third-order valence-electron chi connectivity index (χ3n) is 2.91. The fourth-order valence-electron chi connectivity index (χ4n) is 1.96. The van der Waals surface area contributed by atoms with Crippen molar-refractivity contribution in [2.45, 2.75) is 0 Å². The van der Waals surface area contributed by atoms with Gasteiger partial charge < -0.3 is 10.8 Å². The fourth-order valence-corrected chi connectivity index (χ4v) is 1.96. The Balaban J connectivity index is 2.54. The monoisotopic (exact) mass is 301 g/mol. The van der Waals surface area contributed by atoms with Gasteiger partial charge in [0.25, 0.3) is 5.69 Å². The Morgan fingerprint density at radius 1 is 1.09 bits per heavy atom. The highest BCUT2D eigenvalue weighted by atomic mass is 16.6. The minimum atomic E-state index is -1.22. The highest BCUT2D eigenvalue weighted by molar-refractivity contribution is 6.05. The van der Waals surface area contributed by atoms with E-state index in [0.29, 0.717) is 0 Å². The smallest absolute Gasteiger partial charge is 0.337 e. The summed E-state index contributed by atoms with van der Waals surface area (Å²) in [6.07, 6.45) is 0. The number of hydrogen-bond donors (Lipinski definition) is 2. The van der Waals surface area contributed by atoms with Gasteiger partial charge in [-0.25, -0.2) is 9.59 Å². The zero-order valence-electron chi connectivity index (χ0n) is 11.2. The molecule has 0 unspecified atom stereocenters. The van der Waals surface area contributed by atoms with E-state index in [-0.39, 0.29) is 22.6 Å². The number of carboxylic acid groups (broad SMARTS) is 1. The number of non-ortho nitro benzene ring substituents is 1. The molecular weight excluding hydrogens is 290 g/mol. The zero-order chi connectivity index (χ0) is 16.3. The number of rotatable bonds is 4. The minimum Gasteiger partial charge on any atom is -0.478 e. The lowest BCUT2D eigenvalue weighted by Gasteiger charge is -2.22. The second kappa shape index (κ2) is 5.92. The van der Waals surface area contributed by atoms with Crippen LogP contribution in [0.5, 0.6) is 0 Å². The summed E-state index contributed by atoms with van der Waals surface area (Å²) in [5.41, 5.74) is 5.37. The highest BCUT2D eigenvalue weighted by Gasteiger charge is 2.21. The molecule has 2 aromatic rings. The maximum Gasteiger partial charge on any atom is 0.337 e. The van der Waals surface area contributed by atoms with Crippen LogP contribution in [0.3, 0.4) is 0 Å². The number of anilines is 2. The molecule has 3 N–H and O–H groups in total. The zero-order valence-corrected chi connectivity index (χ0v) is 11.2. The Hall–Kier alpha value is -3.42. The molecular formula is C14H11N3O5. The van der Waals surface area contributed by atoms with Crippen LogP contribution in [0.4, 0.5) is 21.9 Å². The van der Waals surface area contributed by atoms with E-state index in [2.05, 4.69) is 0 Å². The molecule has 2 aromatic carbocycles. The van der Waals surface area contributed by atoms with E-state index in [1.807, 2.05) is 0 Å². The summed E-state index contributed by atoms with van der Waals surface area (Å²) >= 11 is 0. The largest absolute Gasteiger partial charge is 0.478 e. The van der Waals surface area contributed by atoms with Crippen molar-refractivity contribution >= 4 is 29.1 Å². The van der Waals surface area contributed by atoms with Crippen LogP contribution in [0.2, 0.25) is 0 Å². The molecule has 0 aliphatic heterocycles. The Morgan fingerprint density at radius 3 is 2.18 bits per heavy atom. The van der Waals surface area contributed by atoms with Crippen molar-refractivity contribution < 1.29 is 19.6 Å². The first kappa shape index (κ1) is 15.0. The van der Waals surface area contributed by atoms with Crippen LogP contribution in [0.25, 0.3) is 0 Å². The molecule has 0 atom stereocenters. The molecule has 0 aliphatic carbocycles. The number of nitro benzene ring substituents is 1. The SMILES string of the molecule is NC(=O)N(c1ccc([N+](=O)[O-])cc1)c1ccccc1C(=O)O. The van der Waals surface area contributed by atoms with Crippen molar-refractivity contribution in [3.63, 3.8) is 0 Å². The van der Waals surface area contributed by atoms with Crippen molar-refractivity contribution in [2.75, 3.05) is 4.90 Å². The van der Waals surface area contributed by atoms with Crippen molar-refractivity contribution in [3.8, 4) is 0 Å². The molecule has 0 saturated carbocycles. The van der Waals surface area contributed by atoms with Gasteiger partial charge in [0.05, 0.1) is 21.9 Å². The highest BCUT2D eigenvalue weighted by Crippen LogP contribution is 2.29. The normalized spacial score (nSPS) is 10.0. The molecule has 0 aromatic heterocycles. The van der Waals surface area contributed by atoms with Crippen LogP contribution in [-0.2, 0) is 0 Å². The van der Waals surface area contributed by atoms with E-state index in [0.717, 1.165) is 4.90 Å². The molecule has 2 amide bonds. The summed E-state index contributed by atoms with van der Waals surface area (Å²) in [6.45, 7) is 0. The van der Waals surface area contributed by atoms with Gasteiger partial charge in [0, 0.05) is 12.1 Å². The number of nitro groups is 1. The molecule has 22 heavy (non-hydrogen) atoms. The lowest BCUT2D eigenvalue weighted by molar-refractivity contribution is -0.384. The van der Waals surface area contributed by atoms with Crippen molar-refractivity contribution in [1.82, 2.24) is 0 Å². The summed E-state index contributed by atoms with van der Waals surface area (Å²) in [5, 5.41) is 19.8. The molecule has 0 heterocycles. The van der Waals surface area contributed by atoms with Crippen molar-refractivity contribution in [3.05, 3.63) is 64.2 Å². The number of nitrogens with two attached hydrogens (primary N) is 1. The summed E-state index contributed by atoms with van der Waals surface area (Å²) in [5.74, 6) is -1.22. The molecule has 112 valence electrons. The van der Waals surface area contributed by atoms with E-state index in [9.17, 15) is 24.8 Å². The molecule has 8 heteroatoms. The van der Waals surface area contributed by atoms with Gasteiger partial charge in [-0.3, -0.25) is 15.0 Å². The van der Waals surface area contributed by atoms with Crippen LogP contribution in [0.1, 0.15) is 10.4 Å². The first-order chi connectivity index (χ1) is 10.4. The number of carbonyl (C=O) groups excluding carboxylic acids is 1. The third kappa shape index (κ3) is 2.85. The Morgan fingerprint density at radius 2 is 1.68 bits per heavy atom. The number of hydrogen-bond acceptors (Lipinski definition) is 4. The van der Waals surface area contributed by atoms with E-state index >= 15 is 0 Å². The first-order valence-electron chi connectivity index (χ1n) is 6.08. The third-order valence-corrected chi connectivity index (χ3v) is 2.91. The number of primary amides is 1. The second-order valence-corrected chi connectivity index (χ2v) is 4.27. The summed E-state index contributed by atoms with van der Waals surface area (Å²) < 4.78 is 0. The summed E-state index contributed by atoms with van der Waals surface area (Å²) in [4.78, 5) is 34.0. The van der Waals surface area contributed by atoms with E-state index in [1.54, 1.807) is 6.07 Å². The van der Waals surface area contributed by atoms with Gasteiger partial charge in [-0.2, -0.15) is 0 Å². The molecule has 8 nitrogen and oxygen atoms in total. The van der Waals surface area contributed by atoms with E-state index in [4.69, 9.17) is 5.73 Å². The van der Waals surface area contributed by atoms with Crippen molar-refractivity contribution in [2.24, 2.45) is 5.73 Å². The van der Waals surface area contributed by atoms with Gasteiger partial charge in [-0.05, 0) is 24.3 Å². The van der Waals surface area contributed by atoms with Crippen LogP contribution in [0, 0.1) is 10.1 Å². The number of aromatic carboxylic acids is 1. The maximum absolute atomic E-state index is 11.7. The van der Waals surface area contributed by atoms with Gasteiger partial charge >= 0.3 is 12.0 Å². The molecule has 0 fully saturated rings. The lowest BCUT2D eigenvalue weighted by Crippen LogP contribution is -2.32. The van der Waals surface area contributed by atoms with Crippen LogP contribution in [0.15, 0.2) is 48.5 Å². The average Bonchev–Trinajstić information content (AvgIpc) is 2.48. The van der Waals surface area contributed by atoms with Crippen molar-refractivity contribution in [1.29, 1.82) is 0 Å². The van der Waals surface area contributed by atoms with E-state index in [1.165, 1.54) is 42.5 Å². The number of para-hydroxylation sites is 1. The van der Waals surface area contributed by atoms with Gasteiger partial charge in [0.2, 0.25) is 0 Å². The average molecular weight is 301 g/mol. The summed E-state index contributed by atoms with van der Waals surface area (Å²) in [7, 11) is 0. The van der Waals surface area contributed by atoms with Crippen LogP contribution in [-0.4, -0.2) is 22.0 Å². The molecule has 0 saturated heterocycles. The molecule has 0 spiro atoms. The number of amides is 2. The fraction of sp³-hybridized carbons (Fsp3) is 0. The topological polar surface area (TPSA) is 127 Å². The maximum atomic E-state index is 11.7. The first-order valence-corrected chi connectivity index (χ1v) is 6.08. The van der Waals surface area contributed by atoms with Crippen LogP contribution < -0.4 is 10.6 Å². The number of nitrogens with zero attached hydrogens (tertiary/aromatic N) is 2. The van der Waals surface area contributed by atoms with E-state index < -0.39 is 16.9 Å². The van der Waals surface area contributed by atoms with Gasteiger partial charge in [0.1, 0.15) is 0 Å². The molecule has 0 radical (unpaired) electrons. The van der Waals surface area contributed by atoms with Gasteiger partial charge in [-0.1, -0.05) is 12.1 Å². The number of urea groups is 1. The van der Waals surface area contributed by atoms with Crippen LogP contribution >= 0.6 is 0 Å². The van der Waals surface area contributed by atoms with Gasteiger partial charge in [-0.15, -0.1) is 0 Å². The quantitative estimate of drug-likeness (QED) is 0.662. The molecule has 0 bridgehead atoms. The predicted octanol–water partition coefficient (Wildman–Crippen LogP) is 2.51. The number of carbonyl (C=O) groups is 2. The Labute approximate surface area is 124 Å². The molecule has 0 aliphatic rings. The summed E-state index contributed by atoms with van der Waals surface area (Å²) in [6, 6.07) is 9.98. The Bertz CT molecular complexity index is 742. The second-order valence-electron chi connectivity index (χ2n) is 4.27. The molecule has 2 rings (SSSR count). The standard InChI is InChI=1S/C14H11N3O5/c15-14(20)16(9-5-7-10(8-6-9)17(21)22)12-4-2-1-3-11(12)13(18)19/h1-8H,(H2,15,20)(H,18,19). The lowest BCUT2D eigenvalue weighted by atomic mass is 10.1. The predicted molar refractivity (Wildman–Crippen MR) is 78.2 cm³/mol.